The summed E-state index contributed by atoms with van der Waals surface area (Å²) < 4.78 is 6.51. The molecular formula is C21H23BrClNO3. The van der Waals surface area contributed by atoms with Crippen LogP contribution < -0.4 is 4.74 Å². The minimum absolute atomic E-state index is 0.0405. The molecule has 144 valence electrons. The van der Waals surface area contributed by atoms with Gasteiger partial charge in [0.25, 0.3) is 0 Å². The van der Waals surface area contributed by atoms with E-state index in [-0.39, 0.29) is 12.4 Å². The maximum Gasteiger partial charge on any atom is 0.195 e. The van der Waals surface area contributed by atoms with Crippen molar-refractivity contribution in [3.63, 3.8) is 0 Å². The number of nitrogens with one attached hydrogen (secondary N) is 1. The zero-order chi connectivity index (χ0) is 19.9. The SMILES string of the molecule is C/C=C(/Cl)c1c(C)[nH]c2c1C(=O)c1cc(Br)c(OCCCO)cc1C2(C)C. The van der Waals surface area contributed by atoms with Crippen LogP contribution in [-0.4, -0.2) is 29.1 Å². The molecule has 2 N–H and O–H groups in total. The first-order valence-corrected chi connectivity index (χ1v) is 10.1. The summed E-state index contributed by atoms with van der Waals surface area (Å²) in [6.45, 7) is 8.47. The predicted octanol–water partition coefficient (Wildman–Crippen LogP) is 5.32. The second kappa shape index (κ2) is 7.46. The van der Waals surface area contributed by atoms with Crippen molar-refractivity contribution in [2.24, 2.45) is 0 Å². The summed E-state index contributed by atoms with van der Waals surface area (Å²) in [5, 5.41) is 9.54. The van der Waals surface area contributed by atoms with Gasteiger partial charge in [-0.3, -0.25) is 4.79 Å². The van der Waals surface area contributed by atoms with Crippen molar-refractivity contribution in [2.75, 3.05) is 13.2 Å². The Labute approximate surface area is 172 Å². The van der Waals surface area contributed by atoms with Gasteiger partial charge in [0.05, 0.1) is 16.6 Å². The number of carbonyl (C=O) groups is 1. The van der Waals surface area contributed by atoms with Gasteiger partial charge in [0.15, 0.2) is 5.78 Å². The van der Waals surface area contributed by atoms with E-state index in [0.717, 1.165) is 27.0 Å². The highest BCUT2D eigenvalue weighted by molar-refractivity contribution is 9.10. The third kappa shape index (κ3) is 3.26. The first kappa shape index (κ1) is 20.2. The Balaban J connectivity index is 2.19. The lowest BCUT2D eigenvalue weighted by molar-refractivity contribution is 0.103. The van der Waals surface area contributed by atoms with Crippen LogP contribution in [0.5, 0.6) is 5.75 Å². The molecule has 0 saturated carbocycles. The standard InChI is InChI=1S/C21H23BrClNO3/c1-5-15(23)17-11(2)24-20-18(17)19(26)12-9-14(22)16(27-8-6-7-25)10-13(12)21(20,3)4/h5,9-10,24-25H,6-8H2,1-4H3/b15-5+. The van der Waals surface area contributed by atoms with Gasteiger partial charge in [0.1, 0.15) is 5.75 Å². The van der Waals surface area contributed by atoms with Crippen LogP contribution in [0.4, 0.5) is 0 Å². The number of allylic oxidation sites excluding steroid dienone is 1. The second-order valence-corrected chi connectivity index (χ2v) is 8.48. The number of hydrogen-bond donors (Lipinski definition) is 2. The summed E-state index contributed by atoms with van der Waals surface area (Å²) in [6, 6.07) is 3.75. The van der Waals surface area contributed by atoms with Crippen molar-refractivity contribution in [3.8, 4) is 5.75 Å². The van der Waals surface area contributed by atoms with Crippen molar-refractivity contribution in [1.29, 1.82) is 0 Å². The molecule has 1 aliphatic carbocycles. The highest BCUT2D eigenvalue weighted by Gasteiger charge is 2.41. The van der Waals surface area contributed by atoms with Gasteiger partial charge in [0.2, 0.25) is 0 Å². The van der Waals surface area contributed by atoms with Crippen LogP contribution in [0.2, 0.25) is 0 Å². The molecule has 1 heterocycles. The summed E-state index contributed by atoms with van der Waals surface area (Å²) in [6.07, 6.45) is 2.36. The predicted molar refractivity (Wildman–Crippen MR) is 112 cm³/mol. The quantitative estimate of drug-likeness (QED) is 0.604. The lowest BCUT2D eigenvalue weighted by Gasteiger charge is -2.33. The molecule has 1 aromatic carbocycles. The van der Waals surface area contributed by atoms with Crippen LogP contribution >= 0.6 is 27.5 Å². The fourth-order valence-corrected chi connectivity index (χ4v) is 4.34. The number of benzene rings is 1. The molecule has 3 rings (SSSR count). The average molecular weight is 453 g/mol. The van der Waals surface area contributed by atoms with E-state index in [9.17, 15) is 4.79 Å². The number of aliphatic hydroxyl groups excluding tert-OH is 1. The molecule has 0 radical (unpaired) electrons. The maximum atomic E-state index is 13.4. The van der Waals surface area contributed by atoms with Gasteiger partial charge in [-0.05, 0) is 47.5 Å². The van der Waals surface area contributed by atoms with Crippen LogP contribution in [0.3, 0.4) is 0 Å². The molecule has 0 aliphatic heterocycles. The number of aryl methyl sites for hydroxylation is 1. The Morgan fingerprint density at radius 1 is 1.41 bits per heavy atom. The molecule has 0 amide bonds. The van der Waals surface area contributed by atoms with E-state index in [4.69, 9.17) is 21.4 Å². The monoisotopic (exact) mass is 451 g/mol. The molecule has 1 aliphatic rings. The number of aromatic nitrogens is 1. The number of aromatic amines is 1. The number of halogens is 2. The Bertz CT molecular complexity index is 943. The third-order valence-corrected chi connectivity index (χ3v) is 6.11. The van der Waals surface area contributed by atoms with Crippen molar-refractivity contribution in [3.05, 3.63) is 56.3 Å². The molecule has 0 saturated heterocycles. The normalized spacial score (nSPS) is 15.5. The van der Waals surface area contributed by atoms with Crippen LogP contribution in [0.25, 0.3) is 5.03 Å². The highest BCUT2D eigenvalue weighted by Crippen LogP contribution is 2.47. The molecule has 0 fully saturated rings. The van der Waals surface area contributed by atoms with E-state index < -0.39 is 5.41 Å². The van der Waals surface area contributed by atoms with E-state index in [1.54, 1.807) is 0 Å². The molecule has 0 spiro atoms. The summed E-state index contributed by atoms with van der Waals surface area (Å²) in [7, 11) is 0. The Morgan fingerprint density at radius 3 is 2.74 bits per heavy atom. The van der Waals surface area contributed by atoms with Gasteiger partial charge in [0, 0.05) is 46.0 Å². The van der Waals surface area contributed by atoms with Crippen molar-refractivity contribution < 1.29 is 14.6 Å². The third-order valence-electron chi connectivity index (χ3n) is 5.08. The van der Waals surface area contributed by atoms with E-state index >= 15 is 0 Å². The molecule has 0 bridgehead atoms. The molecule has 27 heavy (non-hydrogen) atoms. The summed E-state index contributed by atoms with van der Waals surface area (Å²) >= 11 is 9.94. The lowest BCUT2D eigenvalue weighted by Crippen LogP contribution is -2.30. The summed E-state index contributed by atoms with van der Waals surface area (Å²) in [5.41, 5.74) is 4.32. The van der Waals surface area contributed by atoms with Gasteiger partial charge in [-0.25, -0.2) is 0 Å². The molecule has 4 nitrogen and oxygen atoms in total. The lowest BCUT2D eigenvalue weighted by atomic mass is 9.71. The van der Waals surface area contributed by atoms with E-state index in [0.29, 0.717) is 34.9 Å². The zero-order valence-electron chi connectivity index (χ0n) is 15.9. The number of rotatable bonds is 5. The number of ether oxygens (including phenoxy) is 1. The van der Waals surface area contributed by atoms with Gasteiger partial charge in [-0.2, -0.15) is 0 Å². The fourth-order valence-electron chi connectivity index (χ4n) is 3.65. The van der Waals surface area contributed by atoms with Crippen LogP contribution in [0, 0.1) is 6.92 Å². The average Bonchev–Trinajstić information content (AvgIpc) is 2.99. The topological polar surface area (TPSA) is 62.3 Å². The van der Waals surface area contributed by atoms with Crippen LogP contribution in [0.1, 0.15) is 65.6 Å². The zero-order valence-corrected chi connectivity index (χ0v) is 18.2. The maximum absolute atomic E-state index is 13.4. The number of fused-ring (bicyclic) bond motifs is 2. The van der Waals surface area contributed by atoms with Crippen LogP contribution in [0.15, 0.2) is 22.7 Å². The molecule has 0 unspecified atom stereocenters. The molecular weight excluding hydrogens is 430 g/mol. The molecule has 2 aromatic rings. The Kier molecular flexibility index (Phi) is 5.57. The Morgan fingerprint density at radius 2 is 2.11 bits per heavy atom. The number of carbonyl (C=O) groups excluding carboxylic acids is 1. The molecule has 1 aromatic heterocycles. The summed E-state index contributed by atoms with van der Waals surface area (Å²) in [4.78, 5) is 16.8. The smallest absolute Gasteiger partial charge is 0.195 e. The van der Waals surface area contributed by atoms with Gasteiger partial charge in [-0.1, -0.05) is 31.5 Å². The van der Waals surface area contributed by atoms with Gasteiger partial charge < -0.3 is 14.8 Å². The highest BCUT2D eigenvalue weighted by atomic mass is 79.9. The fraction of sp³-hybridized carbons (Fsp3) is 0.381. The number of H-pyrrole nitrogens is 1. The van der Waals surface area contributed by atoms with Crippen molar-refractivity contribution in [2.45, 2.75) is 39.5 Å². The molecule has 0 atom stereocenters. The number of hydrogen-bond acceptors (Lipinski definition) is 3. The second-order valence-electron chi connectivity index (χ2n) is 7.22. The molecule has 6 heteroatoms. The van der Waals surface area contributed by atoms with E-state index in [2.05, 4.69) is 34.8 Å². The van der Waals surface area contributed by atoms with Crippen molar-refractivity contribution in [1.82, 2.24) is 4.98 Å². The number of aliphatic hydroxyl groups is 1. The van der Waals surface area contributed by atoms with Gasteiger partial charge >= 0.3 is 0 Å². The summed E-state index contributed by atoms with van der Waals surface area (Å²) in [5.74, 6) is 0.628. The minimum atomic E-state index is -0.414. The van der Waals surface area contributed by atoms with Crippen LogP contribution in [-0.2, 0) is 5.41 Å². The Hall–Kier alpha value is -1.56. The van der Waals surface area contributed by atoms with Gasteiger partial charge in [-0.15, -0.1) is 0 Å². The van der Waals surface area contributed by atoms with E-state index in [1.165, 1.54) is 0 Å². The first-order chi connectivity index (χ1) is 12.7. The van der Waals surface area contributed by atoms with E-state index in [1.807, 2.05) is 32.1 Å². The minimum Gasteiger partial charge on any atom is -0.492 e. The largest absolute Gasteiger partial charge is 0.492 e. The first-order valence-electron chi connectivity index (χ1n) is 8.91. The number of ketones is 1. The van der Waals surface area contributed by atoms with Crippen molar-refractivity contribution >= 4 is 38.3 Å².